The number of rotatable bonds is 2. The molecule has 0 radical (unpaired) electrons. The normalized spacial score (nSPS) is 17.9. The first-order valence-corrected chi connectivity index (χ1v) is 17.2. The summed E-state index contributed by atoms with van der Waals surface area (Å²) in [6.45, 7) is 14.2. The van der Waals surface area contributed by atoms with E-state index in [2.05, 4.69) is 90.1 Å². The topological polar surface area (TPSA) is 0 Å². The van der Waals surface area contributed by atoms with E-state index in [0.29, 0.717) is 0 Å². The van der Waals surface area contributed by atoms with Crippen molar-refractivity contribution in [2.75, 3.05) is 0 Å². The number of benzene rings is 2. The molecular formula is C33H42Zr. The van der Waals surface area contributed by atoms with Crippen LogP contribution in [0.15, 0.2) is 51.8 Å². The Bertz CT molecular complexity index is 1190. The van der Waals surface area contributed by atoms with Crippen LogP contribution in [0.4, 0.5) is 0 Å². The van der Waals surface area contributed by atoms with E-state index < -0.39 is 21.3 Å². The van der Waals surface area contributed by atoms with Gasteiger partial charge in [0.05, 0.1) is 0 Å². The van der Waals surface area contributed by atoms with Gasteiger partial charge in [-0.1, -0.05) is 0 Å². The predicted octanol–water partition coefficient (Wildman–Crippen LogP) is 8.47. The third-order valence-corrected chi connectivity index (χ3v) is 16.0. The van der Waals surface area contributed by atoms with Crippen molar-refractivity contribution in [3.63, 3.8) is 0 Å². The van der Waals surface area contributed by atoms with E-state index in [1.807, 2.05) is 9.76 Å². The van der Waals surface area contributed by atoms with Crippen molar-refractivity contribution < 1.29 is 21.3 Å². The third kappa shape index (κ3) is 4.72. The zero-order chi connectivity index (χ0) is 24.1. The fourth-order valence-corrected chi connectivity index (χ4v) is 14.5. The van der Waals surface area contributed by atoms with Crippen molar-refractivity contribution in [3.8, 4) is 11.1 Å². The van der Waals surface area contributed by atoms with E-state index in [1.165, 1.54) is 61.6 Å². The van der Waals surface area contributed by atoms with Gasteiger partial charge in [0.15, 0.2) is 0 Å². The molecule has 0 aliphatic heterocycles. The summed E-state index contributed by atoms with van der Waals surface area (Å²) in [6, 6.07) is 12.6. The molecule has 3 aliphatic carbocycles. The van der Waals surface area contributed by atoms with Gasteiger partial charge in [-0.25, -0.2) is 0 Å². The van der Waals surface area contributed by atoms with Gasteiger partial charge in [0.25, 0.3) is 0 Å². The fourth-order valence-electron chi connectivity index (χ4n) is 6.03. The van der Waals surface area contributed by atoms with E-state index in [9.17, 15) is 0 Å². The van der Waals surface area contributed by atoms with Crippen LogP contribution in [0, 0.1) is 0 Å². The number of hydrogen-bond acceptors (Lipinski definition) is 0. The molecule has 0 spiro atoms. The summed E-state index contributed by atoms with van der Waals surface area (Å²) in [5, 5.41) is 0. The maximum atomic E-state index is 2.70. The van der Waals surface area contributed by atoms with Gasteiger partial charge in [0.1, 0.15) is 0 Å². The van der Waals surface area contributed by atoms with Gasteiger partial charge < -0.3 is 0 Å². The molecule has 2 aromatic rings. The van der Waals surface area contributed by atoms with Crippen molar-refractivity contribution in [3.05, 3.63) is 74.1 Å². The Morgan fingerprint density at radius 1 is 0.735 bits per heavy atom. The summed E-state index contributed by atoms with van der Waals surface area (Å²) in [6.07, 6.45) is 18.1. The van der Waals surface area contributed by atoms with E-state index >= 15 is 0 Å². The molecule has 0 amide bonds. The minimum absolute atomic E-state index is 0.166. The Morgan fingerprint density at radius 3 is 2.03 bits per heavy atom. The fraction of sp³-hybridized carbons (Fsp3) is 0.485. The molecule has 0 atom stereocenters. The quantitative estimate of drug-likeness (QED) is 0.292. The summed E-state index contributed by atoms with van der Waals surface area (Å²) < 4.78 is 5.62. The zero-order valence-electron chi connectivity index (χ0n) is 22.3. The van der Waals surface area contributed by atoms with Crippen molar-refractivity contribution in [1.82, 2.24) is 0 Å². The van der Waals surface area contributed by atoms with Crippen LogP contribution in [-0.4, -0.2) is 3.21 Å². The van der Waals surface area contributed by atoms with Gasteiger partial charge in [-0.3, -0.25) is 0 Å². The van der Waals surface area contributed by atoms with Crippen molar-refractivity contribution in [2.45, 2.75) is 104 Å². The third-order valence-electron chi connectivity index (χ3n) is 8.17. The molecule has 1 fully saturated rings. The van der Waals surface area contributed by atoms with Gasteiger partial charge in [-0.15, -0.1) is 0 Å². The van der Waals surface area contributed by atoms with Crippen LogP contribution in [0.5, 0.6) is 0 Å². The van der Waals surface area contributed by atoms with E-state index in [1.54, 1.807) is 16.7 Å². The van der Waals surface area contributed by atoms with Crippen LogP contribution in [0.1, 0.15) is 109 Å². The monoisotopic (exact) mass is 528 g/mol. The van der Waals surface area contributed by atoms with Crippen LogP contribution >= 0.6 is 0 Å². The Balaban J connectivity index is 1.76. The molecule has 0 unspecified atom stereocenters. The molecule has 1 heteroatoms. The number of allylic oxidation sites excluding steroid dienone is 4. The van der Waals surface area contributed by atoms with Gasteiger partial charge in [-0.05, 0) is 0 Å². The summed E-state index contributed by atoms with van der Waals surface area (Å²) in [7, 11) is 0. The SMILES string of the molecule is CC(C)(C)c1ccc2c(c1)-c1cc(C(C)(C)C)c[c]([Zr]([C]3=CC=CC3)=[C]3CCCCCC3)c1C2. The van der Waals surface area contributed by atoms with Gasteiger partial charge >= 0.3 is 217 Å². The molecule has 5 rings (SSSR count). The van der Waals surface area contributed by atoms with Crippen molar-refractivity contribution in [2.24, 2.45) is 0 Å². The Labute approximate surface area is 215 Å². The van der Waals surface area contributed by atoms with Crippen molar-refractivity contribution >= 4 is 6.48 Å². The molecule has 1 saturated carbocycles. The molecule has 178 valence electrons. The summed E-state index contributed by atoms with van der Waals surface area (Å²) in [5.41, 5.74) is 9.65. The van der Waals surface area contributed by atoms with Crippen molar-refractivity contribution in [1.29, 1.82) is 0 Å². The minimum atomic E-state index is -2.13. The average molecular weight is 530 g/mol. The Morgan fingerprint density at radius 2 is 1.41 bits per heavy atom. The van der Waals surface area contributed by atoms with Crippen LogP contribution in [0.3, 0.4) is 0 Å². The predicted molar refractivity (Wildman–Crippen MR) is 146 cm³/mol. The molecule has 0 heterocycles. The Kier molecular flexibility index (Phi) is 6.65. The first-order chi connectivity index (χ1) is 16.1. The van der Waals surface area contributed by atoms with Crippen LogP contribution < -0.4 is 3.27 Å². The van der Waals surface area contributed by atoms with E-state index in [-0.39, 0.29) is 10.8 Å². The van der Waals surface area contributed by atoms with Gasteiger partial charge in [0, 0.05) is 0 Å². The molecule has 0 aromatic heterocycles. The second kappa shape index (κ2) is 9.28. The molecule has 2 aromatic carbocycles. The molecule has 0 bridgehead atoms. The van der Waals surface area contributed by atoms with E-state index in [0.717, 1.165) is 6.42 Å². The van der Waals surface area contributed by atoms with Gasteiger partial charge in [-0.2, -0.15) is 0 Å². The van der Waals surface area contributed by atoms with E-state index in [4.69, 9.17) is 0 Å². The molecular weight excluding hydrogens is 488 g/mol. The second-order valence-corrected chi connectivity index (χ2v) is 19.3. The maximum absolute atomic E-state index is 2.70. The number of fused-ring (bicyclic) bond motifs is 3. The summed E-state index contributed by atoms with van der Waals surface area (Å²) in [5.74, 6) is 0. The van der Waals surface area contributed by atoms with Crippen LogP contribution in [0.25, 0.3) is 11.1 Å². The second-order valence-electron chi connectivity index (χ2n) is 12.8. The Hall–Kier alpha value is -1.33. The van der Waals surface area contributed by atoms with Crippen LogP contribution in [-0.2, 0) is 38.5 Å². The standard InChI is InChI=1S/C21H25.C7H12.C5H5.Zr/c1-20(2,3)16-9-7-14-11-15-8-10-17(21(4,5)6)13-19(15)18(14)12-16;1-2-4-6-7-5-3-1;1-2-4-5-3-1;/h7,9-10,12-13H,11H2,1-6H3;1-6H2;1-3H,4H2;. The first-order valence-electron chi connectivity index (χ1n) is 13.5. The molecule has 34 heavy (non-hydrogen) atoms. The average Bonchev–Trinajstić information content (AvgIpc) is 3.34. The summed E-state index contributed by atoms with van der Waals surface area (Å²) in [4.78, 5) is 0. The van der Waals surface area contributed by atoms with Crippen LogP contribution in [0.2, 0.25) is 0 Å². The first kappa shape index (κ1) is 24.4. The molecule has 0 N–H and O–H groups in total. The molecule has 0 nitrogen and oxygen atoms in total. The summed E-state index contributed by atoms with van der Waals surface area (Å²) >= 11 is -2.13. The molecule has 3 aliphatic rings. The zero-order valence-corrected chi connectivity index (χ0v) is 24.7. The number of hydrogen-bond donors (Lipinski definition) is 0. The molecule has 0 saturated heterocycles. The van der Waals surface area contributed by atoms with Gasteiger partial charge in [0.2, 0.25) is 0 Å².